The normalized spacial score (nSPS) is 31.6. The van der Waals surface area contributed by atoms with Gasteiger partial charge in [-0.3, -0.25) is 28.8 Å². The third kappa shape index (κ3) is 9.47. The van der Waals surface area contributed by atoms with Gasteiger partial charge in [0, 0.05) is 94.1 Å². The molecule has 1 saturated carbocycles. The predicted octanol–water partition coefficient (Wildman–Crippen LogP) is 5.16. The number of nitrogens with zero attached hydrogens (tertiary/aromatic N) is 6. The Morgan fingerprint density at radius 1 is 1.08 bits per heavy atom. The predicted molar refractivity (Wildman–Crippen MR) is 245 cm³/mol. The average molecular weight is 921 g/mol. The number of ether oxygens (including phenoxy) is 5. The van der Waals surface area contributed by atoms with Crippen molar-refractivity contribution in [3.63, 3.8) is 0 Å². The minimum Gasteiger partial charge on any atom is -0.490 e. The summed E-state index contributed by atoms with van der Waals surface area (Å²) in [4.78, 5) is 35.8. The van der Waals surface area contributed by atoms with Crippen LogP contribution in [-0.4, -0.2) is 146 Å². The maximum atomic E-state index is 15.3. The fraction of sp³-hybridized carbons (Fsp3) is 0.596. The highest BCUT2D eigenvalue weighted by molar-refractivity contribution is 7.92. The monoisotopic (exact) mass is 919 g/mol. The van der Waals surface area contributed by atoms with Crippen LogP contribution in [0.1, 0.15) is 64.4 Å². The lowest BCUT2D eigenvalue weighted by atomic mass is 9.68. The van der Waals surface area contributed by atoms with Crippen LogP contribution in [0.25, 0.3) is 0 Å². The van der Waals surface area contributed by atoms with Crippen LogP contribution < -0.4 is 19.1 Å². The van der Waals surface area contributed by atoms with Crippen LogP contribution in [-0.2, 0) is 43.0 Å². The number of aryl methyl sites for hydroxylation is 2. The molecule has 8 atom stereocenters. The average Bonchev–Trinajstić information content (AvgIpc) is 3.60. The quantitative estimate of drug-likeness (QED) is 0.298. The highest BCUT2D eigenvalue weighted by atomic mass is 35.5. The van der Waals surface area contributed by atoms with Gasteiger partial charge in [-0.1, -0.05) is 36.7 Å². The van der Waals surface area contributed by atoms with E-state index in [4.69, 9.17) is 35.3 Å². The SMILES string of the molecule is COc1nn(C)cc1C(=O)NS1(=O)=NC(=O)c2ccc3c(c2)N(C[C@@H]2CC[C@H]2[C@@H](OC)/C=C/[C@H](OCCN2CCN4CCOC[C@@H]4C2)[C@H](C)C1)C[C@@]1(CCCc2cc(Cl)ccc21)CO3. The van der Waals surface area contributed by atoms with E-state index in [1.54, 1.807) is 20.2 Å². The second kappa shape index (κ2) is 19.1. The lowest BCUT2D eigenvalue weighted by Crippen LogP contribution is -2.58. The second-order valence-corrected chi connectivity index (χ2v) is 21.0. The molecule has 2 amide bonds. The number of nitrogens with one attached hydrogen (secondary N) is 1. The van der Waals surface area contributed by atoms with Crippen LogP contribution in [0.15, 0.2) is 59.1 Å². The Morgan fingerprint density at radius 3 is 2.75 bits per heavy atom. The first-order chi connectivity index (χ1) is 30.9. The summed E-state index contributed by atoms with van der Waals surface area (Å²) in [7, 11) is 1.04. The minimum absolute atomic E-state index is 0.0626. The molecular formula is C47H62ClN7O8S. The molecule has 4 aliphatic heterocycles. The zero-order valence-corrected chi connectivity index (χ0v) is 39.0. The molecule has 3 aromatic rings. The number of amides is 2. The van der Waals surface area contributed by atoms with E-state index >= 15 is 4.21 Å². The number of carbonyl (C=O) groups excluding carboxylic acids is 2. The number of halogens is 1. The fourth-order valence-electron chi connectivity index (χ4n) is 10.9. The van der Waals surface area contributed by atoms with Gasteiger partial charge in [0.05, 0.1) is 57.2 Å². The lowest BCUT2D eigenvalue weighted by molar-refractivity contribution is -0.0513. The molecule has 2 aromatic carbocycles. The maximum absolute atomic E-state index is 15.3. The zero-order valence-electron chi connectivity index (χ0n) is 37.4. The van der Waals surface area contributed by atoms with Crippen LogP contribution in [0.3, 0.4) is 0 Å². The number of benzene rings is 2. The van der Waals surface area contributed by atoms with E-state index in [2.05, 4.69) is 47.1 Å². The Morgan fingerprint density at radius 2 is 1.94 bits per heavy atom. The van der Waals surface area contributed by atoms with Gasteiger partial charge in [-0.05, 0) is 85.4 Å². The summed E-state index contributed by atoms with van der Waals surface area (Å²) in [6, 6.07) is 11.9. The summed E-state index contributed by atoms with van der Waals surface area (Å²) in [5.41, 5.74) is 3.30. The van der Waals surface area contributed by atoms with Crippen LogP contribution in [0.4, 0.5) is 5.69 Å². The summed E-state index contributed by atoms with van der Waals surface area (Å²) in [6.45, 7) is 10.2. The molecule has 2 bridgehead atoms. The van der Waals surface area contributed by atoms with Crippen molar-refractivity contribution in [3.8, 4) is 11.6 Å². The molecule has 1 aromatic heterocycles. The van der Waals surface area contributed by atoms with Crippen molar-refractivity contribution in [2.45, 2.75) is 62.7 Å². The van der Waals surface area contributed by atoms with E-state index in [1.165, 1.54) is 29.1 Å². The first kappa shape index (κ1) is 45.1. The third-order valence-corrected chi connectivity index (χ3v) is 16.6. The van der Waals surface area contributed by atoms with Crippen LogP contribution in [0, 0.1) is 17.8 Å². The van der Waals surface area contributed by atoms with E-state index in [9.17, 15) is 9.59 Å². The number of hydrogen-bond donors (Lipinski definition) is 1. The largest absolute Gasteiger partial charge is 0.490 e. The van der Waals surface area contributed by atoms with Crippen LogP contribution in [0.2, 0.25) is 5.02 Å². The highest BCUT2D eigenvalue weighted by Gasteiger charge is 2.45. The smallest absolute Gasteiger partial charge is 0.286 e. The highest BCUT2D eigenvalue weighted by Crippen LogP contribution is 2.47. The topological polar surface area (TPSA) is 149 Å². The Bertz CT molecular complexity index is 2370. The summed E-state index contributed by atoms with van der Waals surface area (Å²) in [5.74, 6) is -0.773. The Balaban J connectivity index is 1.07. The fourth-order valence-corrected chi connectivity index (χ4v) is 12.9. The van der Waals surface area contributed by atoms with E-state index < -0.39 is 33.8 Å². The Kier molecular flexibility index (Phi) is 13.4. The number of carbonyl (C=O) groups is 2. The molecule has 1 unspecified atom stereocenters. The van der Waals surface area contributed by atoms with Gasteiger partial charge >= 0.3 is 0 Å². The third-order valence-electron chi connectivity index (χ3n) is 14.4. The van der Waals surface area contributed by atoms with Gasteiger partial charge in [0.25, 0.3) is 11.8 Å². The zero-order chi connectivity index (χ0) is 44.6. The van der Waals surface area contributed by atoms with Crippen molar-refractivity contribution >= 4 is 39.0 Å². The first-order valence-electron chi connectivity index (χ1n) is 22.8. The van der Waals surface area contributed by atoms with Gasteiger partial charge in [-0.25, -0.2) is 4.21 Å². The molecule has 2 aliphatic carbocycles. The van der Waals surface area contributed by atoms with Crippen LogP contribution >= 0.6 is 11.6 Å². The van der Waals surface area contributed by atoms with Gasteiger partial charge < -0.3 is 28.6 Å². The van der Waals surface area contributed by atoms with E-state index in [0.29, 0.717) is 44.0 Å². The van der Waals surface area contributed by atoms with Crippen LogP contribution in [0.5, 0.6) is 11.6 Å². The number of fused-ring (bicyclic) bond motifs is 5. The molecule has 5 heterocycles. The van der Waals surface area contributed by atoms with Gasteiger partial charge in [-0.2, -0.15) is 0 Å². The number of rotatable bonds is 8. The summed E-state index contributed by atoms with van der Waals surface area (Å²) >= 11 is 6.53. The van der Waals surface area contributed by atoms with E-state index in [-0.39, 0.29) is 40.2 Å². The van der Waals surface area contributed by atoms with Gasteiger partial charge in [0.1, 0.15) is 21.2 Å². The lowest BCUT2D eigenvalue weighted by Gasteiger charge is -2.46. The summed E-state index contributed by atoms with van der Waals surface area (Å²) in [5, 5.41) is 4.95. The Hall–Kier alpha value is -4.03. The molecule has 6 aliphatic rings. The number of hydrogen-bond acceptors (Lipinski definition) is 12. The van der Waals surface area contributed by atoms with E-state index in [1.807, 2.05) is 31.2 Å². The molecule has 64 heavy (non-hydrogen) atoms. The minimum atomic E-state index is -3.80. The van der Waals surface area contributed by atoms with Crippen molar-refractivity contribution < 1.29 is 37.5 Å². The van der Waals surface area contributed by atoms with Gasteiger partial charge in [-0.15, -0.1) is 9.46 Å². The summed E-state index contributed by atoms with van der Waals surface area (Å²) < 4.78 is 54.7. The Labute approximate surface area is 382 Å². The van der Waals surface area contributed by atoms with E-state index in [0.717, 1.165) is 88.8 Å². The number of aromatic nitrogens is 2. The van der Waals surface area contributed by atoms with Crippen molar-refractivity contribution in [1.29, 1.82) is 0 Å². The standard InChI is InChI=1S/C47H62ClN7O8S/c1-31-28-64(58,51-45(57)38-26-52(2)49-46(38)60-4)50-44(56)33-8-12-43-40(23-33)55(29-47(30-63-43)15-5-6-32-22-35(48)9-11-39(32)47)24-34-7-10-37(34)42(59-3)14-13-41(31)62-21-18-53-16-17-54-19-20-61-27-36(54)25-53/h8-9,11-14,22-23,26,31,34,36-37,41-42H,5-7,10,15-21,24-25,27-30H2,1-4H3,(H,50,51,56,57,58)/b14-13+/t31-,34+,36+,37-,41+,42+,47+,64?/m1/s1. The van der Waals surface area contributed by atoms with Crippen molar-refractivity contribution in [2.24, 2.45) is 29.2 Å². The maximum Gasteiger partial charge on any atom is 0.286 e. The molecule has 17 heteroatoms. The second-order valence-electron chi connectivity index (χ2n) is 18.6. The van der Waals surface area contributed by atoms with Gasteiger partial charge in [0.15, 0.2) is 0 Å². The molecule has 3 fully saturated rings. The number of anilines is 1. The van der Waals surface area contributed by atoms with Gasteiger partial charge in [0.2, 0.25) is 5.88 Å². The first-order valence-corrected chi connectivity index (χ1v) is 24.9. The number of morpholine rings is 1. The molecule has 1 spiro atoms. The molecule has 1 N–H and O–H groups in total. The molecule has 15 nitrogen and oxygen atoms in total. The molecule has 9 rings (SSSR count). The number of piperazine rings is 1. The molecule has 0 radical (unpaired) electrons. The van der Waals surface area contributed by atoms with Crippen molar-refractivity contribution in [2.75, 3.05) is 97.1 Å². The molecule has 2 saturated heterocycles. The van der Waals surface area contributed by atoms with Crippen molar-refractivity contribution in [3.05, 3.63) is 82.0 Å². The van der Waals surface area contributed by atoms with Crippen molar-refractivity contribution in [1.82, 2.24) is 24.3 Å². The summed E-state index contributed by atoms with van der Waals surface area (Å²) in [6.07, 6.45) is 9.83. The molecule has 346 valence electrons. The number of methoxy groups -OCH3 is 2. The molecular weight excluding hydrogens is 858 g/mol.